The van der Waals surface area contributed by atoms with Crippen molar-refractivity contribution in [2.24, 2.45) is 5.92 Å². The minimum atomic E-state index is -4.52. The van der Waals surface area contributed by atoms with Crippen LogP contribution in [0.5, 0.6) is 0 Å². The first-order chi connectivity index (χ1) is 10.8. The maximum Gasteiger partial charge on any atom is 0.416 e. The van der Waals surface area contributed by atoms with E-state index < -0.39 is 42.1 Å². The van der Waals surface area contributed by atoms with Gasteiger partial charge in [0.2, 0.25) is 5.91 Å². The minimum Gasteiger partial charge on any atom is -0.550 e. The summed E-state index contributed by atoms with van der Waals surface area (Å²) < 4.78 is 43.1. The average molecular weight is 330 g/mol. The molecule has 0 radical (unpaired) electrons. The normalized spacial score (nSPS) is 19.3. The van der Waals surface area contributed by atoms with Crippen LogP contribution < -0.4 is 10.4 Å². The molecule has 1 saturated heterocycles. The molecule has 126 valence electrons. The molecule has 0 aliphatic carbocycles. The molecule has 1 aliphatic rings. The first-order valence-electron chi connectivity index (χ1n) is 7.07. The van der Waals surface area contributed by atoms with Gasteiger partial charge in [-0.3, -0.25) is 4.79 Å². The lowest BCUT2D eigenvalue weighted by Gasteiger charge is -2.23. The maximum absolute atomic E-state index is 12.6. The van der Waals surface area contributed by atoms with Gasteiger partial charge in [-0.1, -0.05) is 6.07 Å². The highest BCUT2D eigenvalue weighted by Gasteiger charge is 2.31. The van der Waals surface area contributed by atoms with Crippen LogP contribution in [0.3, 0.4) is 0 Å². The van der Waals surface area contributed by atoms with Gasteiger partial charge in [-0.25, -0.2) is 0 Å². The summed E-state index contributed by atoms with van der Waals surface area (Å²) in [6.45, 7) is 0.420. The molecule has 8 heteroatoms. The Balaban J connectivity index is 2.02. The fourth-order valence-electron chi connectivity index (χ4n) is 2.47. The number of carboxylic acids is 1. The zero-order valence-corrected chi connectivity index (χ0v) is 12.1. The molecule has 0 bridgehead atoms. The molecule has 1 N–H and O–H groups in total. The van der Waals surface area contributed by atoms with Crippen molar-refractivity contribution < 1.29 is 32.6 Å². The number of amides is 1. The van der Waals surface area contributed by atoms with Gasteiger partial charge in [-0.05, 0) is 31.0 Å². The molecular formula is C15H15F3NO4-. The average Bonchev–Trinajstić information content (AvgIpc) is 2.97. The number of hydrogen-bond donors (Lipinski definition) is 1. The summed E-state index contributed by atoms with van der Waals surface area (Å²) in [7, 11) is 0. The predicted octanol–water partition coefficient (Wildman–Crippen LogP) is 1.58. The standard InChI is InChI=1S/C15H16F3NO4/c16-15(17,18)9-3-1-4-10(7-9)19-13(20)8-11(14(21)22)12-5-2-6-23-12/h1,3-4,7,11-12H,2,5-6,8H2,(H,19,20)(H,21,22)/p-1/t11-,12-/m1/s1. The monoisotopic (exact) mass is 330 g/mol. The Bertz CT molecular complexity index is 582. The lowest BCUT2D eigenvalue weighted by Crippen LogP contribution is -2.40. The minimum absolute atomic E-state index is 0.0470. The van der Waals surface area contributed by atoms with Crippen molar-refractivity contribution >= 4 is 17.6 Å². The topological polar surface area (TPSA) is 78.5 Å². The molecule has 1 aromatic rings. The third kappa shape index (κ3) is 4.69. The predicted molar refractivity (Wildman–Crippen MR) is 72.2 cm³/mol. The summed E-state index contributed by atoms with van der Waals surface area (Å²) in [4.78, 5) is 23.0. The largest absolute Gasteiger partial charge is 0.550 e. The Hall–Kier alpha value is -2.09. The number of carbonyl (C=O) groups excluding carboxylic acids is 2. The van der Waals surface area contributed by atoms with E-state index in [9.17, 15) is 27.9 Å². The summed E-state index contributed by atoms with van der Waals surface area (Å²) in [6, 6.07) is 4.13. The number of anilines is 1. The van der Waals surface area contributed by atoms with Crippen LogP contribution in [0.2, 0.25) is 0 Å². The molecule has 1 aromatic carbocycles. The number of benzene rings is 1. The third-order valence-electron chi connectivity index (χ3n) is 3.60. The molecule has 2 atom stereocenters. The van der Waals surface area contributed by atoms with E-state index in [-0.39, 0.29) is 5.69 Å². The fourth-order valence-corrected chi connectivity index (χ4v) is 2.47. The Morgan fingerprint density at radius 2 is 2.13 bits per heavy atom. The number of hydrogen-bond acceptors (Lipinski definition) is 4. The van der Waals surface area contributed by atoms with E-state index >= 15 is 0 Å². The van der Waals surface area contributed by atoms with Crippen molar-refractivity contribution in [2.75, 3.05) is 11.9 Å². The highest BCUT2D eigenvalue weighted by molar-refractivity contribution is 5.93. The van der Waals surface area contributed by atoms with Gasteiger partial charge in [0.05, 0.1) is 11.7 Å². The van der Waals surface area contributed by atoms with Gasteiger partial charge in [0.25, 0.3) is 0 Å². The van der Waals surface area contributed by atoms with Crippen LogP contribution >= 0.6 is 0 Å². The molecule has 0 saturated carbocycles. The molecule has 5 nitrogen and oxygen atoms in total. The fraction of sp³-hybridized carbons (Fsp3) is 0.467. The molecule has 23 heavy (non-hydrogen) atoms. The first-order valence-corrected chi connectivity index (χ1v) is 7.07. The van der Waals surface area contributed by atoms with E-state index in [1.807, 2.05) is 0 Å². The van der Waals surface area contributed by atoms with Crippen molar-refractivity contribution in [3.63, 3.8) is 0 Å². The highest BCUT2D eigenvalue weighted by Crippen LogP contribution is 2.31. The van der Waals surface area contributed by atoms with Crippen LogP contribution in [0.25, 0.3) is 0 Å². The number of ether oxygens (including phenoxy) is 1. The Morgan fingerprint density at radius 1 is 1.39 bits per heavy atom. The molecule has 0 spiro atoms. The summed E-state index contributed by atoms with van der Waals surface area (Å²) in [5.74, 6) is -3.23. The molecule has 1 heterocycles. The van der Waals surface area contributed by atoms with E-state index in [4.69, 9.17) is 4.74 Å². The number of rotatable bonds is 5. The number of aliphatic carboxylic acids is 1. The van der Waals surface area contributed by atoms with Crippen molar-refractivity contribution in [1.29, 1.82) is 0 Å². The van der Waals surface area contributed by atoms with Gasteiger partial charge in [-0.2, -0.15) is 13.2 Å². The first kappa shape index (κ1) is 17.3. The quantitative estimate of drug-likeness (QED) is 0.889. The second-order valence-electron chi connectivity index (χ2n) is 5.31. The second kappa shape index (κ2) is 6.99. The Kier molecular flexibility index (Phi) is 5.25. The molecule has 1 fully saturated rings. The maximum atomic E-state index is 12.6. The number of carbonyl (C=O) groups is 2. The summed E-state index contributed by atoms with van der Waals surface area (Å²) >= 11 is 0. The van der Waals surface area contributed by atoms with Crippen LogP contribution in [-0.4, -0.2) is 24.6 Å². The zero-order valence-electron chi connectivity index (χ0n) is 12.1. The van der Waals surface area contributed by atoms with Gasteiger partial charge >= 0.3 is 6.18 Å². The van der Waals surface area contributed by atoms with Crippen LogP contribution in [0, 0.1) is 5.92 Å². The zero-order chi connectivity index (χ0) is 17.0. The van der Waals surface area contributed by atoms with E-state index in [1.54, 1.807) is 0 Å². The third-order valence-corrected chi connectivity index (χ3v) is 3.60. The van der Waals surface area contributed by atoms with E-state index in [2.05, 4.69) is 5.32 Å². The number of halogens is 3. The molecule has 2 rings (SSSR count). The van der Waals surface area contributed by atoms with Crippen molar-refractivity contribution in [3.05, 3.63) is 29.8 Å². The van der Waals surface area contributed by atoms with Crippen LogP contribution in [0.1, 0.15) is 24.8 Å². The molecule has 1 aliphatic heterocycles. The van der Waals surface area contributed by atoms with Crippen LogP contribution in [-0.2, 0) is 20.5 Å². The van der Waals surface area contributed by atoms with Gasteiger partial charge in [-0.15, -0.1) is 0 Å². The van der Waals surface area contributed by atoms with Gasteiger partial charge in [0.15, 0.2) is 0 Å². The number of carboxylic acid groups (broad SMARTS) is 1. The molecule has 0 unspecified atom stereocenters. The lowest BCUT2D eigenvalue weighted by atomic mass is 9.96. The summed E-state index contributed by atoms with van der Waals surface area (Å²) in [6.07, 6.45) is -4.33. The van der Waals surface area contributed by atoms with Crippen LogP contribution in [0.4, 0.5) is 18.9 Å². The van der Waals surface area contributed by atoms with Crippen molar-refractivity contribution in [3.8, 4) is 0 Å². The lowest BCUT2D eigenvalue weighted by molar-refractivity contribution is -0.314. The second-order valence-corrected chi connectivity index (χ2v) is 5.31. The summed E-state index contributed by atoms with van der Waals surface area (Å²) in [5.41, 5.74) is -0.944. The SMILES string of the molecule is O=C(C[C@@H](C(=O)[O-])[C@H]1CCCO1)Nc1cccc(C(F)(F)F)c1. The highest BCUT2D eigenvalue weighted by atomic mass is 19.4. The molecule has 0 aromatic heterocycles. The van der Waals surface area contributed by atoms with E-state index in [0.717, 1.165) is 18.2 Å². The van der Waals surface area contributed by atoms with Crippen molar-refractivity contribution in [1.82, 2.24) is 0 Å². The molecule has 1 amide bonds. The number of alkyl halides is 3. The number of nitrogens with one attached hydrogen (secondary N) is 1. The van der Waals surface area contributed by atoms with Crippen molar-refractivity contribution in [2.45, 2.75) is 31.5 Å². The summed E-state index contributed by atoms with van der Waals surface area (Å²) in [5, 5.41) is 13.4. The smallest absolute Gasteiger partial charge is 0.416 e. The molecular weight excluding hydrogens is 315 g/mol. The Labute approximate surface area is 130 Å². The Morgan fingerprint density at radius 3 is 2.70 bits per heavy atom. The van der Waals surface area contributed by atoms with E-state index in [1.165, 1.54) is 6.07 Å². The van der Waals surface area contributed by atoms with Gasteiger partial charge in [0, 0.05) is 30.6 Å². The van der Waals surface area contributed by atoms with E-state index in [0.29, 0.717) is 19.4 Å². The van der Waals surface area contributed by atoms with Crippen LogP contribution in [0.15, 0.2) is 24.3 Å². The van der Waals surface area contributed by atoms with Gasteiger partial charge in [0.1, 0.15) is 0 Å². The van der Waals surface area contributed by atoms with Gasteiger partial charge < -0.3 is 20.0 Å².